The summed E-state index contributed by atoms with van der Waals surface area (Å²) in [6.45, 7) is 5.39. The highest BCUT2D eigenvalue weighted by Crippen LogP contribution is 2.26. The Morgan fingerprint density at radius 3 is 2.56 bits per heavy atom. The molecule has 1 N–H and O–H groups in total. The van der Waals surface area contributed by atoms with Crippen LogP contribution in [-0.4, -0.2) is 16.7 Å². The minimum Gasteiger partial charge on any atom is -0.326 e. The molecule has 0 saturated carbocycles. The van der Waals surface area contributed by atoms with Gasteiger partial charge in [0.15, 0.2) is 11.7 Å². The van der Waals surface area contributed by atoms with E-state index in [1.165, 1.54) is 24.3 Å². The smallest absolute Gasteiger partial charge is 0.221 e. The minimum atomic E-state index is -0.876. The third kappa shape index (κ3) is 4.85. The van der Waals surface area contributed by atoms with Gasteiger partial charge in [0, 0.05) is 17.5 Å². The number of aromatic nitrogens is 1. The molecule has 1 heterocycles. The Bertz CT molecular complexity index is 845. The van der Waals surface area contributed by atoms with Gasteiger partial charge in [-0.25, -0.2) is 4.98 Å². The van der Waals surface area contributed by atoms with Crippen LogP contribution in [0.4, 0.5) is 5.69 Å². The van der Waals surface area contributed by atoms with E-state index in [0.29, 0.717) is 10.7 Å². The number of nitrogens with zero attached hydrogens (tertiary/aromatic N) is 2. The third-order valence-electron chi connectivity index (χ3n) is 3.58. The Morgan fingerprint density at radius 1 is 1.36 bits per heavy atom. The van der Waals surface area contributed by atoms with Crippen molar-refractivity contribution in [3.8, 4) is 6.07 Å². The van der Waals surface area contributed by atoms with Crippen molar-refractivity contribution in [1.29, 1.82) is 5.26 Å². The first-order chi connectivity index (χ1) is 11.9. The first kappa shape index (κ1) is 18.6. The van der Waals surface area contributed by atoms with Gasteiger partial charge in [-0.3, -0.25) is 9.59 Å². The molecule has 2 rings (SSSR count). The van der Waals surface area contributed by atoms with Crippen molar-refractivity contribution in [2.45, 2.75) is 33.1 Å². The molecule has 25 heavy (non-hydrogen) atoms. The Labute approximate surface area is 151 Å². The molecule has 0 spiro atoms. The number of carbonyl (C=O) groups is 2. The van der Waals surface area contributed by atoms with Crippen molar-refractivity contribution in [2.24, 2.45) is 0 Å². The van der Waals surface area contributed by atoms with Gasteiger partial charge < -0.3 is 5.32 Å². The zero-order chi connectivity index (χ0) is 18.4. The highest BCUT2D eigenvalue weighted by atomic mass is 32.1. The predicted octanol–water partition coefficient (Wildman–Crippen LogP) is 3.86. The van der Waals surface area contributed by atoms with Crippen LogP contribution in [0.3, 0.4) is 0 Å². The molecular weight excluding hydrogens is 334 g/mol. The first-order valence-electron chi connectivity index (χ1n) is 7.90. The van der Waals surface area contributed by atoms with Crippen molar-refractivity contribution in [1.82, 2.24) is 4.98 Å². The SMILES string of the molecule is CCc1nc(C(C#N)C(=O)C=Cc2ccc(NC(C)=O)cc2)sc1C. The number of carbonyl (C=O) groups excluding carboxylic acids is 2. The second-order valence-corrected chi connectivity index (χ2v) is 6.74. The average Bonchev–Trinajstić information content (AvgIpc) is 2.95. The summed E-state index contributed by atoms with van der Waals surface area (Å²) in [5.74, 6) is -1.30. The Morgan fingerprint density at radius 2 is 2.04 bits per heavy atom. The summed E-state index contributed by atoms with van der Waals surface area (Å²) in [4.78, 5) is 28.8. The topological polar surface area (TPSA) is 82.8 Å². The first-order valence-corrected chi connectivity index (χ1v) is 8.71. The zero-order valence-corrected chi connectivity index (χ0v) is 15.2. The third-order valence-corrected chi connectivity index (χ3v) is 4.65. The van der Waals surface area contributed by atoms with Gasteiger partial charge in [-0.15, -0.1) is 11.3 Å². The molecule has 1 aromatic carbocycles. The number of ketones is 1. The van der Waals surface area contributed by atoms with Crippen molar-refractivity contribution in [3.05, 3.63) is 51.5 Å². The summed E-state index contributed by atoms with van der Waals surface area (Å²) in [6, 6.07) is 9.14. The fourth-order valence-corrected chi connectivity index (χ4v) is 3.36. The fourth-order valence-electron chi connectivity index (χ4n) is 2.30. The molecule has 5 nitrogen and oxygen atoms in total. The molecule has 128 valence electrons. The summed E-state index contributed by atoms with van der Waals surface area (Å²) in [5.41, 5.74) is 2.44. The highest BCUT2D eigenvalue weighted by Gasteiger charge is 2.22. The van der Waals surface area contributed by atoms with Crippen LogP contribution >= 0.6 is 11.3 Å². The van der Waals surface area contributed by atoms with Crippen LogP contribution in [0, 0.1) is 18.3 Å². The van der Waals surface area contributed by atoms with Gasteiger partial charge >= 0.3 is 0 Å². The maximum Gasteiger partial charge on any atom is 0.221 e. The fraction of sp³-hybridized carbons (Fsp3) is 0.263. The van der Waals surface area contributed by atoms with E-state index in [1.807, 2.05) is 19.9 Å². The number of hydrogen-bond acceptors (Lipinski definition) is 5. The maximum absolute atomic E-state index is 12.4. The van der Waals surface area contributed by atoms with Crippen LogP contribution in [0.15, 0.2) is 30.3 Å². The zero-order valence-electron chi connectivity index (χ0n) is 14.4. The van der Waals surface area contributed by atoms with Crippen LogP contribution in [-0.2, 0) is 16.0 Å². The minimum absolute atomic E-state index is 0.138. The molecule has 0 saturated heterocycles. The van der Waals surface area contributed by atoms with E-state index in [-0.39, 0.29) is 11.7 Å². The molecular formula is C19H19N3O2S. The Balaban J connectivity index is 2.12. The van der Waals surface area contributed by atoms with Crippen molar-refractivity contribution in [2.75, 3.05) is 5.32 Å². The summed E-state index contributed by atoms with van der Waals surface area (Å²) < 4.78 is 0. The molecule has 0 bridgehead atoms. The number of thiazole rings is 1. The number of rotatable bonds is 6. The predicted molar refractivity (Wildman–Crippen MR) is 99.4 cm³/mol. The van der Waals surface area contributed by atoms with Gasteiger partial charge in [-0.1, -0.05) is 25.1 Å². The van der Waals surface area contributed by atoms with Crippen LogP contribution in [0.25, 0.3) is 6.08 Å². The van der Waals surface area contributed by atoms with Crippen LogP contribution in [0.5, 0.6) is 0 Å². The van der Waals surface area contributed by atoms with Gasteiger partial charge in [-0.2, -0.15) is 5.26 Å². The number of amides is 1. The number of hydrogen-bond donors (Lipinski definition) is 1. The summed E-state index contributed by atoms with van der Waals surface area (Å²) in [5, 5.41) is 12.6. The van der Waals surface area contributed by atoms with Crippen molar-refractivity contribution in [3.63, 3.8) is 0 Å². The number of nitriles is 1. The van der Waals surface area contributed by atoms with Crippen LogP contribution in [0.2, 0.25) is 0 Å². The second kappa shape index (κ2) is 8.36. The van der Waals surface area contributed by atoms with E-state index >= 15 is 0 Å². The van der Waals surface area contributed by atoms with E-state index in [1.54, 1.807) is 30.3 Å². The lowest BCUT2D eigenvalue weighted by molar-refractivity contribution is -0.115. The maximum atomic E-state index is 12.4. The molecule has 6 heteroatoms. The average molecular weight is 353 g/mol. The number of aryl methyl sites for hydroxylation is 2. The Kier molecular flexibility index (Phi) is 6.20. The lowest BCUT2D eigenvalue weighted by Crippen LogP contribution is -2.07. The molecule has 1 aromatic heterocycles. The monoisotopic (exact) mass is 353 g/mol. The summed E-state index contributed by atoms with van der Waals surface area (Å²) in [7, 11) is 0. The molecule has 0 fully saturated rings. The molecule has 1 amide bonds. The number of nitrogens with one attached hydrogen (secondary N) is 1. The molecule has 0 aliphatic rings. The summed E-state index contributed by atoms with van der Waals surface area (Å²) >= 11 is 1.40. The van der Waals surface area contributed by atoms with E-state index in [9.17, 15) is 14.9 Å². The standard InChI is InChI=1S/C19H19N3O2S/c1-4-17-12(2)25-19(22-17)16(11-20)18(24)10-7-14-5-8-15(9-6-14)21-13(3)23/h5-10,16H,4H2,1-3H3,(H,21,23). The molecule has 2 aromatic rings. The van der Waals surface area contributed by atoms with Crippen LogP contribution in [0.1, 0.15) is 40.9 Å². The number of allylic oxidation sites excluding steroid dienone is 1. The van der Waals surface area contributed by atoms with E-state index < -0.39 is 5.92 Å². The second-order valence-electron chi connectivity index (χ2n) is 5.51. The van der Waals surface area contributed by atoms with E-state index in [4.69, 9.17) is 0 Å². The van der Waals surface area contributed by atoms with Gasteiger partial charge in [0.1, 0.15) is 5.01 Å². The molecule has 0 aliphatic carbocycles. The quantitative estimate of drug-likeness (QED) is 0.799. The molecule has 1 atom stereocenters. The highest BCUT2D eigenvalue weighted by molar-refractivity contribution is 7.12. The largest absolute Gasteiger partial charge is 0.326 e. The van der Waals surface area contributed by atoms with Gasteiger partial charge in [0.25, 0.3) is 0 Å². The van der Waals surface area contributed by atoms with E-state index in [2.05, 4.69) is 10.3 Å². The lowest BCUT2D eigenvalue weighted by Gasteiger charge is -2.02. The Hall–Kier alpha value is -2.78. The van der Waals surface area contributed by atoms with Crippen LogP contribution < -0.4 is 5.32 Å². The van der Waals surface area contributed by atoms with Crippen molar-refractivity contribution < 1.29 is 9.59 Å². The van der Waals surface area contributed by atoms with Crippen molar-refractivity contribution >= 4 is 34.8 Å². The van der Waals surface area contributed by atoms with Gasteiger partial charge in [0.05, 0.1) is 11.8 Å². The van der Waals surface area contributed by atoms with Gasteiger partial charge in [-0.05, 0) is 37.1 Å². The number of benzene rings is 1. The summed E-state index contributed by atoms with van der Waals surface area (Å²) in [6.07, 6.45) is 3.85. The molecule has 0 aliphatic heterocycles. The number of anilines is 1. The lowest BCUT2D eigenvalue weighted by atomic mass is 10.1. The van der Waals surface area contributed by atoms with E-state index in [0.717, 1.165) is 22.6 Å². The molecule has 1 unspecified atom stereocenters. The molecule has 0 radical (unpaired) electrons. The normalized spacial score (nSPS) is 11.9. The van der Waals surface area contributed by atoms with Gasteiger partial charge in [0.2, 0.25) is 5.91 Å².